The lowest BCUT2D eigenvalue weighted by molar-refractivity contribution is 0.0256. The van der Waals surface area contributed by atoms with E-state index in [-0.39, 0.29) is 24.9 Å². The summed E-state index contributed by atoms with van der Waals surface area (Å²) in [6.07, 6.45) is -0.170. The first-order valence-corrected chi connectivity index (χ1v) is 10.6. The lowest BCUT2D eigenvalue weighted by atomic mass is 9.96. The van der Waals surface area contributed by atoms with Crippen molar-refractivity contribution in [2.45, 2.75) is 52.0 Å². The van der Waals surface area contributed by atoms with Crippen LogP contribution >= 0.6 is 21.0 Å². The fourth-order valence-electron chi connectivity index (χ4n) is 2.83. The Hall–Kier alpha value is -1.79. The van der Waals surface area contributed by atoms with Gasteiger partial charge in [0.05, 0.1) is 27.5 Å². The molecule has 1 saturated heterocycles. The van der Waals surface area contributed by atoms with Crippen molar-refractivity contribution in [2.24, 2.45) is 5.10 Å². The molecule has 8 nitrogen and oxygen atoms in total. The van der Waals surface area contributed by atoms with Gasteiger partial charge in [-0.25, -0.2) is 22.0 Å². The first kappa shape index (κ1) is 18.6. The molecule has 0 unspecified atom stereocenters. The molecule has 2 aliphatic rings. The van der Waals surface area contributed by atoms with Crippen molar-refractivity contribution in [3.63, 3.8) is 0 Å². The highest BCUT2D eigenvalue weighted by molar-refractivity contribution is 14.1. The molecule has 0 spiro atoms. The maximum absolute atomic E-state index is 13.8. The normalized spacial score (nSPS) is 18.7. The first-order chi connectivity index (χ1) is 12.6. The fourth-order valence-corrected chi connectivity index (χ4v) is 5.06. The molecule has 0 bridgehead atoms. The van der Waals surface area contributed by atoms with Gasteiger partial charge in [0.2, 0.25) is 11.8 Å². The maximum atomic E-state index is 13.8. The van der Waals surface area contributed by atoms with Gasteiger partial charge in [-0.3, -0.25) is 0 Å². The van der Waals surface area contributed by atoms with Gasteiger partial charge in [-0.2, -0.15) is 5.10 Å². The molecular formula is C16H20F2IN7O. The summed E-state index contributed by atoms with van der Waals surface area (Å²) in [5, 5.41) is 13.0. The van der Waals surface area contributed by atoms with Crippen molar-refractivity contribution in [2.75, 3.05) is 18.0 Å². The number of fused-ring (bicyclic) bond motifs is 1. The SMILES string of the molecule is Cc1nnc(CN2N=c3c(N4CCC(F)(F)C4)nc(C(C)(C)C)nc3=I2)o1. The standard InChI is InChI=1S/C16H20F2IN7O/c1-9-22-23-10(27-9)7-26-19-12-11(24-26)13(21-14(20-12)15(2,3)4)25-6-5-16(17,18)8-25/h5-8H2,1-4H3. The lowest BCUT2D eigenvalue weighted by Crippen LogP contribution is -2.32. The molecule has 11 heteroatoms. The second-order valence-corrected chi connectivity index (χ2v) is 10.3. The van der Waals surface area contributed by atoms with Crippen LogP contribution in [0.5, 0.6) is 0 Å². The summed E-state index contributed by atoms with van der Waals surface area (Å²) in [4.78, 5) is 11.0. The number of alkyl halides is 2. The number of halogens is 3. The second kappa shape index (κ2) is 6.38. The number of hydrogen-bond acceptors (Lipinski definition) is 8. The quantitative estimate of drug-likeness (QED) is 0.482. The van der Waals surface area contributed by atoms with E-state index >= 15 is 0 Å². The summed E-state index contributed by atoms with van der Waals surface area (Å²) in [7, 11) is 0. The van der Waals surface area contributed by atoms with Gasteiger partial charge in [0.1, 0.15) is 15.7 Å². The smallest absolute Gasteiger partial charge is 0.266 e. The van der Waals surface area contributed by atoms with Crippen molar-refractivity contribution in [3.05, 3.63) is 26.2 Å². The Morgan fingerprint density at radius 3 is 2.59 bits per heavy atom. The molecule has 2 aromatic rings. The number of rotatable bonds is 3. The number of aromatic nitrogens is 4. The van der Waals surface area contributed by atoms with Crippen molar-refractivity contribution in [1.82, 2.24) is 23.4 Å². The number of aryl methyl sites for hydroxylation is 1. The summed E-state index contributed by atoms with van der Waals surface area (Å²) < 4.78 is 35.7. The Bertz CT molecular complexity index is 1000. The highest BCUT2D eigenvalue weighted by Gasteiger charge is 2.40. The Morgan fingerprint density at radius 2 is 2.00 bits per heavy atom. The predicted molar refractivity (Wildman–Crippen MR) is 101 cm³/mol. The van der Waals surface area contributed by atoms with E-state index < -0.39 is 26.9 Å². The molecule has 0 amide bonds. The second-order valence-electron chi connectivity index (χ2n) is 7.68. The molecule has 1 fully saturated rings. The van der Waals surface area contributed by atoms with Gasteiger partial charge in [0.15, 0.2) is 11.2 Å². The molecule has 4 rings (SSSR count). The number of anilines is 1. The summed E-state index contributed by atoms with van der Waals surface area (Å²) >= 11 is -0.708. The molecule has 0 radical (unpaired) electrons. The minimum Gasteiger partial charge on any atom is -0.424 e. The topological polar surface area (TPSA) is 83.5 Å². The molecule has 0 N–H and O–H groups in total. The van der Waals surface area contributed by atoms with Crippen molar-refractivity contribution >= 4 is 26.8 Å². The number of nitrogens with zero attached hydrogens (tertiary/aromatic N) is 7. The Labute approximate surface area is 164 Å². The van der Waals surface area contributed by atoms with Crippen LogP contribution in [0.2, 0.25) is 0 Å². The van der Waals surface area contributed by atoms with Gasteiger partial charge in [-0.1, -0.05) is 20.8 Å². The Morgan fingerprint density at radius 1 is 1.22 bits per heavy atom. The first-order valence-electron chi connectivity index (χ1n) is 8.59. The fraction of sp³-hybridized carbons (Fsp3) is 0.625. The van der Waals surface area contributed by atoms with Gasteiger partial charge in [0.25, 0.3) is 5.92 Å². The predicted octanol–water partition coefficient (Wildman–Crippen LogP) is 2.50. The minimum absolute atomic E-state index is 0.170. The zero-order chi connectivity index (χ0) is 19.4. The van der Waals surface area contributed by atoms with Crippen LogP contribution in [0, 0.1) is 10.2 Å². The highest BCUT2D eigenvalue weighted by Crippen LogP contribution is 2.31. The van der Waals surface area contributed by atoms with E-state index in [2.05, 4.69) is 20.3 Å². The molecule has 4 heterocycles. The van der Waals surface area contributed by atoms with Gasteiger partial charge in [-0.05, 0) is 0 Å². The van der Waals surface area contributed by atoms with Crippen LogP contribution in [-0.2, 0) is 12.0 Å². The summed E-state index contributed by atoms with van der Waals surface area (Å²) in [5.74, 6) is -0.575. The molecule has 27 heavy (non-hydrogen) atoms. The molecule has 0 atom stereocenters. The van der Waals surface area contributed by atoms with Gasteiger partial charge < -0.3 is 9.32 Å². The van der Waals surface area contributed by atoms with E-state index in [1.54, 1.807) is 11.8 Å². The molecular weight excluding hydrogens is 471 g/mol. The Balaban J connectivity index is 1.76. The monoisotopic (exact) mass is 491 g/mol. The lowest BCUT2D eigenvalue weighted by Gasteiger charge is -2.21. The van der Waals surface area contributed by atoms with E-state index in [0.717, 1.165) is 3.28 Å². The van der Waals surface area contributed by atoms with Crippen molar-refractivity contribution in [1.29, 1.82) is 0 Å². The van der Waals surface area contributed by atoms with Crippen LogP contribution in [0.25, 0.3) is 0 Å². The zero-order valence-electron chi connectivity index (χ0n) is 15.5. The van der Waals surface area contributed by atoms with Crippen LogP contribution < -0.4 is 10.3 Å². The third kappa shape index (κ3) is 3.78. The van der Waals surface area contributed by atoms with Gasteiger partial charge in [0, 0.05) is 25.3 Å². The van der Waals surface area contributed by atoms with Crippen LogP contribution in [0.1, 0.15) is 44.8 Å². The molecule has 2 aliphatic heterocycles. The molecule has 0 aromatic carbocycles. The average molecular weight is 491 g/mol. The Kier molecular flexibility index (Phi) is 4.39. The summed E-state index contributed by atoms with van der Waals surface area (Å²) in [5.41, 5.74) is -0.285. The van der Waals surface area contributed by atoms with E-state index in [9.17, 15) is 8.78 Å². The van der Waals surface area contributed by atoms with Crippen LogP contribution in [0.3, 0.4) is 0 Å². The third-order valence-corrected chi connectivity index (χ3v) is 6.51. The van der Waals surface area contributed by atoms with E-state index in [4.69, 9.17) is 9.40 Å². The van der Waals surface area contributed by atoms with Crippen LogP contribution in [0.15, 0.2) is 9.52 Å². The minimum atomic E-state index is -2.70. The summed E-state index contributed by atoms with van der Waals surface area (Å²) in [6, 6.07) is 0. The molecule has 0 aliphatic carbocycles. The maximum Gasteiger partial charge on any atom is 0.266 e. The van der Waals surface area contributed by atoms with Crippen molar-refractivity contribution < 1.29 is 13.2 Å². The average Bonchev–Trinajstić information content (AvgIpc) is 3.24. The van der Waals surface area contributed by atoms with Crippen LogP contribution in [0.4, 0.5) is 14.6 Å². The zero-order valence-corrected chi connectivity index (χ0v) is 17.7. The van der Waals surface area contributed by atoms with E-state index in [0.29, 0.717) is 35.3 Å². The summed E-state index contributed by atoms with van der Waals surface area (Å²) in [6.45, 7) is 8.08. The molecule has 2 aromatic heterocycles. The largest absolute Gasteiger partial charge is 0.424 e. The highest BCUT2D eigenvalue weighted by atomic mass is 127. The van der Waals surface area contributed by atoms with Crippen molar-refractivity contribution in [3.8, 4) is 0 Å². The number of hydrogen-bond donors (Lipinski definition) is 0. The molecule has 0 saturated carbocycles. The van der Waals surface area contributed by atoms with E-state index in [1.165, 1.54) is 0 Å². The van der Waals surface area contributed by atoms with Crippen LogP contribution in [-0.4, -0.2) is 42.4 Å². The van der Waals surface area contributed by atoms with Gasteiger partial charge >= 0.3 is 0 Å². The third-order valence-electron chi connectivity index (χ3n) is 4.18. The van der Waals surface area contributed by atoms with E-state index in [1.807, 2.05) is 24.0 Å². The van der Waals surface area contributed by atoms with Gasteiger partial charge in [-0.15, -0.1) is 10.2 Å². The molecule has 146 valence electrons.